The van der Waals surface area contributed by atoms with Crippen LogP contribution in [0.1, 0.15) is 15.9 Å². The van der Waals surface area contributed by atoms with Crippen LogP contribution in [0.4, 0.5) is 5.69 Å². The van der Waals surface area contributed by atoms with Crippen LogP contribution in [-0.4, -0.2) is 35.7 Å². The number of para-hydroxylation sites is 2. The molecular weight excluding hydrogens is 432 g/mol. The van der Waals surface area contributed by atoms with E-state index in [1.165, 1.54) is 32.4 Å². The van der Waals surface area contributed by atoms with Gasteiger partial charge in [-0.2, -0.15) is 0 Å². The minimum absolute atomic E-state index is 0.0397. The van der Waals surface area contributed by atoms with Crippen molar-refractivity contribution in [2.24, 2.45) is 0 Å². The van der Waals surface area contributed by atoms with Crippen molar-refractivity contribution in [3.63, 3.8) is 0 Å². The summed E-state index contributed by atoms with van der Waals surface area (Å²) in [5, 5.41) is 2.78. The van der Waals surface area contributed by atoms with Gasteiger partial charge >= 0.3 is 0 Å². The van der Waals surface area contributed by atoms with Crippen LogP contribution in [-0.2, 0) is 16.6 Å². The lowest BCUT2D eigenvalue weighted by Crippen LogP contribution is -2.23. The predicted octanol–water partition coefficient (Wildman–Crippen LogP) is 3.44. The number of anilines is 1. The SMILES string of the molecule is COc1ccccc1NS(=O)(=O)c1cccc(C(=O)NCc2ccc(OC)c(OC)c2)c1. The highest BCUT2D eigenvalue weighted by Gasteiger charge is 2.18. The molecule has 0 bridgehead atoms. The van der Waals surface area contributed by atoms with E-state index < -0.39 is 15.9 Å². The number of nitrogens with one attached hydrogen (secondary N) is 2. The van der Waals surface area contributed by atoms with Gasteiger partial charge in [-0.05, 0) is 48.0 Å². The van der Waals surface area contributed by atoms with E-state index >= 15 is 0 Å². The molecule has 0 saturated heterocycles. The quantitative estimate of drug-likeness (QED) is 0.511. The predicted molar refractivity (Wildman–Crippen MR) is 121 cm³/mol. The van der Waals surface area contributed by atoms with Gasteiger partial charge < -0.3 is 19.5 Å². The van der Waals surface area contributed by atoms with Crippen molar-refractivity contribution in [3.05, 3.63) is 77.9 Å². The summed E-state index contributed by atoms with van der Waals surface area (Å²) in [4.78, 5) is 12.6. The first-order valence-corrected chi connectivity index (χ1v) is 11.1. The fraction of sp³-hybridized carbons (Fsp3) is 0.174. The largest absolute Gasteiger partial charge is 0.495 e. The molecule has 0 aliphatic carbocycles. The molecule has 0 aliphatic rings. The van der Waals surface area contributed by atoms with E-state index in [1.807, 2.05) is 0 Å². The number of carbonyl (C=O) groups is 1. The molecule has 0 aromatic heterocycles. The lowest BCUT2D eigenvalue weighted by atomic mass is 10.1. The maximum absolute atomic E-state index is 12.8. The number of benzene rings is 3. The Morgan fingerprint density at radius 1 is 0.812 bits per heavy atom. The van der Waals surface area contributed by atoms with Gasteiger partial charge in [-0.3, -0.25) is 9.52 Å². The van der Waals surface area contributed by atoms with Gasteiger partial charge in [-0.25, -0.2) is 8.42 Å². The van der Waals surface area contributed by atoms with E-state index in [0.717, 1.165) is 5.56 Å². The summed E-state index contributed by atoms with van der Waals surface area (Å²) < 4.78 is 43.8. The number of ether oxygens (including phenoxy) is 3. The minimum atomic E-state index is -3.93. The fourth-order valence-electron chi connectivity index (χ4n) is 3.01. The molecule has 3 rings (SSSR count). The van der Waals surface area contributed by atoms with Crippen LogP contribution in [0.5, 0.6) is 17.2 Å². The number of rotatable bonds is 9. The second kappa shape index (κ2) is 10.1. The van der Waals surface area contributed by atoms with Crippen molar-refractivity contribution in [2.45, 2.75) is 11.4 Å². The summed E-state index contributed by atoms with van der Waals surface area (Å²) in [5.41, 5.74) is 1.32. The molecule has 1 amide bonds. The second-order valence-electron chi connectivity index (χ2n) is 6.71. The van der Waals surface area contributed by atoms with Gasteiger partial charge in [-0.1, -0.05) is 24.3 Å². The Kier molecular flexibility index (Phi) is 7.21. The van der Waals surface area contributed by atoms with Crippen LogP contribution in [0.3, 0.4) is 0 Å². The average molecular weight is 457 g/mol. The number of methoxy groups -OCH3 is 3. The van der Waals surface area contributed by atoms with Gasteiger partial charge in [0.25, 0.3) is 15.9 Å². The summed E-state index contributed by atoms with van der Waals surface area (Å²) in [7, 11) is 0.606. The summed E-state index contributed by atoms with van der Waals surface area (Å²) >= 11 is 0. The zero-order valence-electron chi connectivity index (χ0n) is 17.9. The maximum atomic E-state index is 12.8. The highest BCUT2D eigenvalue weighted by atomic mass is 32.2. The Morgan fingerprint density at radius 3 is 2.25 bits per heavy atom. The van der Waals surface area contributed by atoms with Crippen LogP contribution in [0.15, 0.2) is 71.6 Å². The van der Waals surface area contributed by atoms with Gasteiger partial charge in [-0.15, -0.1) is 0 Å². The van der Waals surface area contributed by atoms with Crippen molar-refractivity contribution < 1.29 is 27.4 Å². The molecule has 8 nitrogen and oxygen atoms in total. The Bertz CT molecular complexity index is 1210. The molecule has 0 fully saturated rings. The van der Waals surface area contributed by atoms with Crippen molar-refractivity contribution in [3.8, 4) is 17.2 Å². The lowest BCUT2D eigenvalue weighted by molar-refractivity contribution is 0.0950. The molecular formula is C23H24N2O6S. The van der Waals surface area contributed by atoms with E-state index in [0.29, 0.717) is 22.9 Å². The fourth-order valence-corrected chi connectivity index (χ4v) is 4.13. The Labute approximate surface area is 187 Å². The molecule has 9 heteroatoms. The first kappa shape index (κ1) is 23.0. The van der Waals surface area contributed by atoms with Crippen molar-refractivity contribution in [2.75, 3.05) is 26.1 Å². The molecule has 3 aromatic rings. The average Bonchev–Trinajstić information content (AvgIpc) is 2.82. The Balaban J connectivity index is 1.74. The molecule has 0 saturated carbocycles. The standard InChI is InChI=1S/C23H24N2O6S/c1-29-20-10-5-4-9-19(20)25-32(27,28)18-8-6-7-17(14-18)23(26)24-15-16-11-12-21(30-2)22(13-16)31-3/h4-14,25H,15H2,1-3H3,(H,24,26). The van der Waals surface area contributed by atoms with Gasteiger partial charge in [0.15, 0.2) is 11.5 Å². The number of carbonyl (C=O) groups excluding carboxylic acids is 1. The minimum Gasteiger partial charge on any atom is -0.495 e. The molecule has 0 radical (unpaired) electrons. The molecule has 3 aromatic carbocycles. The topological polar surface area (TPSA) is 103 Å². The third-order valence-electron chi connectivity index (χ3n) is 4.66. The zero-order valence-corrected chi connectivity index (χ0v) is 18.7. The molecule has 0 atom stereocenters. The summed E-state index contributed by atoms with van der Waals surface area (Å²) in [5.74, 6) is 1.12. The number of amides is 1. The van der Waals surface area contributed by atoms with Gasteiger partial charge in [0.05, 0.1) is 31.9 Å². The monoisotopic (exact) mass is 456 g/mol. The normalized spacial score (nSPS) is 10.8. The van der Waals surface area contributed by atoms with Crippen LogP contribution < -0.4 is 24.2 Å². The van der Waals surface area contributed by atoms with Gasteiger partial charge in [0, 0.05) is 12.1 Å². The molecule has 0 unspecified atom stereocenters. The summed E-state index contributed by atoms with van der Waals surface area (Å²) in [6.45, 7) is 0.232. The van der Waals surface area contributed by atoms with Crippen molar-refractivity contribution in [1.29, 1.82) is 0 Å². The second-order valence-corrected chi connectivity index (χ2v) is 8.39. The van der Waals surface area contributed by atoms with Crippen LogP contribution in [0.25, 0.3) is 0 Å². The van der Waals surface area contributed by atoms with Crippen molar-refractivity contribution >= 4 is 21.6 Å². The van der Waals surface area contributed by atoms with E-state index in [4.69, 9.17) is 14.2 Å². The molecule has 168 valence electrons. The Hall–Kier alpha value is -3.72. The van der Waals surface area contributed by atoms with Crippen LogP contribution in [0.2, 0.25) is 0 Å². The van der Waals surface area contributed by atoms with Gasteiger partial charge in [0.1, 0.15) is 5.75 Å². The number of sulfonamides is 1. The third kappa shape index (κ3) is 5.30. The summed E-state index contributed by atoms with van der Waals surface area (Å²) in [6.07, 6.45) is 0. The maximum Gasteiger partial charge on any atom is 0.262 e. The third-order valence-corrected chi connectivity index (χ3v) is 6.02. The lowest BCUT2D eigenvalue weighted by Gasteiger charge is -2.13. The zero-order chi connectivity index (χ0) is 23.1. The number of hydrogen-bond acceptors (Lipinski definition) is 6. The van der Waals surface area contributed by atoms with E-state index in [-0.39, 0.29) is 17.0 Å². The molecule has 0 heterocycles. The molecule has 0 spiro atoms. The van der Waals surface area contributed by atoms with Crippen LogP contribution in [0, 0.1) is 0 Å². The van der Waals surface area contributed by atoms with Crippen LogP contribution >= 0.6 is 0 Å². The highest BCUT2D eigenvalue weighted by Crippen LogP contribution is 2.28. The Morgan fingerprint density at radius 2 is 1.53 bits per heavy atom. The van der Waals surface area contributed by atoms with Crippen molar-refractivity contribution in [1.82, 2.24) is 5.32 Å². The van der Waals surface area contributed by atoms with E-state index in [2.05, 4.69) is 10.0 Å². The highest BCUT2D eigenvalue weighted by molar-refractivity contribution is 7.92. The number of hydrogen-bond donors (Lipinski definition) is 2. The molecule has 0 aliphatic heterocycles. The smallest absolute Gasteiger partial charge is 0.262 e. The first-order chi connectivity index (χ1) is 15.4. The molecule has 32 heavy (non-hydrogen) atoms. The van der Waals surface area contributed by atoms with E-state index in [1.54, 1.807) is 55.6 Å². The summed E-state index contributed by atoms with van der Waals surface area (Å²) in [6, 6.07) is 17.8. The molecule has 2 N–H and O–H groups in total. The van der Waals surface area contributed by atoms with E-state index in [9.17, 15) is 13.2 Å². The van der Waals surface area contributed by atoms with Gasteiger partial charge in [0.2, 0.25) is 0 Å². The first-order valence-electron chi connectivity index (χ1n) is 9.63.